The number of amides is 2. The van der Waals surface area contributed by atoms with Gasteiger partial charge in [0.05, 0.1) is 22.8 Å². The molecule has 1 N–H and O–H groups in total. The van der Waals surface area contributed by atoms with Crippen molar-refractivity contribution in [1.82, 2.24) is 9.21 Å². The van der Waals surface area contributed by atoms with Crippen LogP contribution in [-0.4, -0.2) is 67.6 Å². The number of methoxy groups -OCH3 is 1. The van der Waals surface area contributed by atoms with Crippen molar-refractivity contribution < 1.29 is 32.1 Å². The van der Waals surface area contributed by atoms with Gasteiger partial charge in [-0.05, 0) is 29.8 Å². The average molecular weight is 492 g/mol. The Kier molecular flexibility index (Phi) is 6.23. The van der Waals surface area contributed by atoms with Crippen molar-refractivity contribution in [2.45, 2.75) is 17.2 Å². The number of ether oxygens (including phenoxy) is 1. The molecular formula is C21H21FN4O7S. The number of sulfonamides is 1. The number of carbonyl (C=O) groups is 2. The molecule has 0 saturated carbocycles. The van der Waals surface area contributed by atoms with Crippen LogP contribution in [0.15, 0.2) is 41.3 Å². The van der Waals surface area contributed by atoms with E-state index in [9.17, 15) is 32.5 Å². The second kappa shape index (κ2) is 8.99. The topological polar surface area (TPSA) is 139 Å². The zero-order chi connectivity index (χ0) is 24.6. The summed E-state index contributed by atoms with van der Waals surface area (Å²) in [5.74, 6) is -2.14. The van der Waals surface area contributed by atoms with Gasteiger partial charge in [-0.15, -0.1) is 0 Å². The van der Waals surface area contributed by atoms with Gasteiger partial charge < -0.3 is 15.0 Å². The van der Waals surface area contributed by atoms with Crippen LogP contribution in [0, 0.1) is 15.9 Å². The predicted octanol–water partition coefficient (Wildman–Crippen LogP) is 1.70. The van der Waals surface area contributed by atoms with E-state index < -0.39 is 38.3 Å². The first-order chi connectivity index (χ1) is 16.1. The van der Waals surface area contributed by atoms with Crippen LogP contribution in [0.1, 0.15) is 17.9 Å². The molecule has 11 nitrogen and oxygen atoms in total. The van der Waals surface area contributed by atoms with E-state index >= 15 is 0 Å². The molecule has 1 saturated heterocycles. The maximum absolute atomic E-state index is 13.6. The highest BCUT2D eigenvalue weighted by molar-refractivity contribution is 7.89. The molecule has 2 aromatic carbocycles. The van der Waals surface area contributed by atoms with E-state index in [1.54, 1.807) is 0 Å². The van der Waals surface area contributed by atoms with Gasteiger partial charge in [0.1, 0.15) is 5.82 Å². The lowest BCUT2D eigenvalue weighted by Gasteiger charge is -2.36. The van der Waals surface area contributed by atoms with Crippen molar-refractivity contribution in [3.63, 3.8) is 0 Å². The van der Waals surface area contributed by atoms with Gasteiger partial charge >= 0.3 is 5.69 Å². The van der Waals surface area contributed by atoms with Crippen molar-refractivity contribution in [2.75, 3.05) is 38.6 Å². The summed E-state index contributed by atoms with van der Waals surface area (Å²) in [5.41, 5.74) is 0.284. The lowest BCUT2D eigenvalue weighted by molar-refractivity contribution is -0.386. The highest BCUT2D eigenvalue weighted by Gasteiger charge is 2.37. The summed E-state index contributed by atoms with van der Waals surface area (Å²) >= 11 is 0. The molecule has 0 aliphatic carbocycles. The average Bonchev–Trinajstić information content (AvgIpc) is 2.82. The molecular weight excluding hydrogens is 471 g/mol. The second-order valence-electron chi connectivity index (χ2n) is 7.86. The minimum Gasteiger partial charge on any atom is -0.490 e. The zero-order valence-corrected chi connectivity index (χ0v) is 18.9. The van der Waals surface area contributed by atoms with Crippen LogP contribution >= 0.6 is 0 Å². The first kappa shape index (κ1) is 23.6. The maximum Gasteiger partial charge on any atom is 0.312 e. The molecule has 13 heteroatoms. The van der Waals surface area contributed by atoms with E-state index in [4.69, 9.17) is 4.74 Å². The number of hydrogen-bond donors (Lipinski definition) is 1. The molecule has 1 unspecified atom stereocenters. The zero-order valence-electron chi connectivity index (χ0n) is 18.1. The maximum atomic E-state index is 13.6. The van der Waals surface area contributed by atoms with Crippen LogP contribution in [0.2, 0.25) is 0 Å². The monoisotopic (exact) mass is 492 g/mol. The second-order valence-corrected chi connectivity index (χ2v) is 9.79. The molecule has 0 aromatic heterocycles. The van der Waals surface area contributed by atoms with Crippen LogP contribution in [0.25, 0.3) is 0 Å². The van der Waals surface area contributed by atoms with Crippen LogP contribution < -0.4 is 10.1 Å². The van der Waals surface area contributed by atoms with E-state index in [0.717, 1.165) is 16.4 Å². The molecule has 34 heavy (non-hydrogen) atoms. The van der Waals surface area contributed by atoms with Gasteiger partial charge in [0, 0.05) is 44.4 Å². The summed E-state index contributed by atoms with van der Waals surface area (Å²) in [6.07, 6.45) is -0.0918. The molecule has 0 radical (unpaired) electrons. The lowest BCUT2D eigenvalue weighted by Crippen LogP contribution is -2.52. The Morgan fingerprint density at radius 1 is 1.18 bits per heavy atom. The molecule has 1 fully saturated rings. The van der Waals surface area contributed by atoms with Crippen molar-refractivity contribution in [2.24, 2.45) is 0 Å². The highest BCUT2D eigenvalue weighted by atomic mass is 32.2. The van der Waals surface area contributed by atoms with E-state index in [-0.39, 0.29) is 54.8 Å². The Labute approximate surface area is 194 Å². The van der Waals surface area contributed by atoms with Gasteiger partial charge in [0.2, 0.25) is 21.8 Å². The fourth-order valence-corrected chi connectivity index (χ4v) is 5.59. The largest absolute Gasteiger partial charge is 0.490 e. The molecule has 0 spiro atoms. The van der Waals surface area contributed by atoms with Gasteiger partial charge in [0.25, 0.3) is 0 Å². The quantitative estimate of drug-likeness (QED) is 0.495. The lowest BCUT2D eigenvalue weighted by atomic mass is 9.89. The minimum atomic E-state index is -4.05. The molecule has 1 atom stereocenters. The molecule has 2 aliphatic rings. The number of halogens is 1. The predicted molar refractivity (Wildman–Crippen MR) is 117 cm³/mol. The molecule has 2 aliphatic heterocycles. The van der Waals surface area contributed by atoms with Crippen LogP contribution in [0.5, 0.6) is 5.75 Å². The summed E-state index contributed by atoms with van der Waals surface area (Å²) in [6.45, 7) is 0.0993. The summed E-state index contributed by atoms with van der Waals surface area (Å²) in [4.78, 5) is 37.0. The Morgan fingerprint density at radius 2 is 1.88 bits per heavy atom. The standard InChI is InChI=1S/C21H21FN4O7S/c1-33-19-5-3-14(11-18(19)26(29)30)34(31,32)25-8-6-24(7-9-25)21(28)16-12-20(27)23-17-10-13(22)2-4-15(16)17/h2-5,10-11,16H,6-9,12H2,1H3,(H,23,27). The van der Waals surface area contributed by atoms with Gasteiger partial charge in [-0.2, -0.15) is 4.31 Å². The number of carbonyl (C=O) groups excluding carboxylic acids is 2. The van der Waals surface area contributed by atoms with E-state index in [1.807, 2.05) is 0 Å². The Balaban J connectivity index is 1.49. The van der Waals surface area contributed by atoms with E-state index in [2.05, 4.69) is 5.32 Å². The van der Waals surface area contributed by atoms with Gasteiger partial charge in [-0.3, -0.25) is 19.7 Å². The number of benzene rings is 2. The Hall–Kier alpha value is -3.58. The fraction of sp³-hybridized carbons (Fsp3) is 0.333. The van der Waals surface area contributed by atoms with Gasteiger partial charge in [0.15, 0.2) is 5.75 Å². The smallest absolute Gasteiger partial charge is 0.312 e. The molecule has 4 rings (SSSR count). The molecule has 2 aromatic rings. The van der Waals surface area contributed by atoms with E-state index in [0.29, 0.717) is 5.56 Å². The number of nitrogens with one attached hydrogen (secondary N) is 1. The van der Waals surface area contributed by atoms with Gasteiger partial charge in [-0.1, -0.05) is 6.07 Å². The normalized spacial score (nSPS) is 18.7. The highest BCUT2D eigenvalue weighted by Crippen LogP contribution is 2.35. The Bertz CT molecular complexity index is 1280. The summed E-state index contributed by atoms with van der Waals surface area (Å²) in [7, 11) is -2.80. The van der Waals surface area contributed by atoms with Crippen LogP contribution in [0.3, 0.4) is 0 Å². The number of hydrogen-bond acceptors (Lipinski definition) is 7. The van der Waals surface area contributed by atoms with Crippen LogP contribution in [0.4, 0.5) is 15.8 Å². The van der Waals surface area contributed by atoms with Crippen molar-refractivity contribution >= 4 is 33.2 Å². The number of nitro benzene ring substituents is 1. The third kappa shape index (κ3) is 4.31. The van der Waals surface area contributed by atoms with Crippen molar-refractivity contribution in [3.05, 3.63) is 57.9 Å². The first-order valence-corrected chi connectivity index (χ1v) is 11.8. The third-order valence-electron chi connectivity index (χ3n) is 5.89. The number of piperazine rings is 1. The number of nitrogens with zero attached hydrogens (tertiary/aromatic N) is 3. The van der Waals surface area contributed by atoms with Crippen molar-refractivity contribution in [3.8, 4) is 5.75 Å². The summed E-state index contributed by atoms with van der Waals surface area (Å²) < 4.78 is 45.7. The number of rotatable bonds is 5. The number of nitro groups is 1. The number of anilines is 1. The van der Waals surface area contributed by atoms with E-state index in [1.165, 1.54) is 36.3 Å². The van der Waals surface area contributed by atoms with Crippen molar-refractivity contribution in [1.29, 1.82) is 0 Å². The fourth-order valence-electron chi connectivity index (χ4n) is 4.15. The molecule has 0 bridgehead atoms. The minimum absolute atomic E-state index is 0.0247. The summed E-state index contributed by atoms with van der Waals surface area (Å²) in [6, 6.07) is 7.24. The number of fused-ring (bicyclic) bond motifs is 1. The molecule has 180 valence electrons. The molecule has 2 amide bonds. The third-order valence-corrected chi connectivity index (χ3v) is 7.78. The SMILES string of the molecule is COc1ccc(S(=O)(=O)N2CCN(C(=O)C3CC(=O)Nc4cc(F)ccc43)CC2)cc1[N+](=O)[O-]. The first-order valence-electron chi connectivity index (χ1n) is 10.3. The Morgan fingerprint density at radius 3 is 2.53 bits per heavy atom. The summed E-state index contributed by atoms with van der Waals surface area (Å²) in [5, 5.41) is 13.8. The van der Waals surface area contributed by atoms with Gasteiger partial charge in [-0.25, -0.2) is 12.8 Å². The molecule has 2 heterocycles. The van der Waals surface area contributed by atoms with Crippen LogP contribution in [-0.2, 0) is 19.6 Å².